The second-order valence-corrected chi connectivity index (χ2v) is 5.48. The largest absolute Gasteiger partial charge is 0.480 e. The first-order valence-corrected chi connectivity index (χ1v) is 6.91. The first-order valence-electron chi connectivity index (χ1n) is 6.91. The topological polar surface area (TPSA) is 84.2 Å². The van der Waals surface area contributed by atoms with Crippen molar-refractivity contribution in [3.8, 4) is 0 Å². The minimum atomic E-state index is -1.20. The molecule has 1 aliphatic carbocycles. The summed E-state index contributed by atoms with van der Waals surface area (Å²) in [5.41, 5.74) is 1.66. The van der Waals surface area contributed by atoms with Crippen LogP contribution in [0.4, 0.5) is 0 Å². The molecule has 2 N–H and O–H groups in total. The fourth-order valence-electron chi connectivity index (χ4n) is 2.72. The highest BCUT2D eigenvalue weighted by molar-refractivity contribution is 6.04. The molecule has 1 aromatic rings. The predicted molar refractivity (Wildman–Crippen MR) is 73.2 cm³/mol. The first-order chi connectivity index (χ1) is 9.33. The average molecular weight is 279 g/mol. The van der Waals surface area contributed by atoms with Crippen LogP contribution in [0, 0.1) is 19.3 Å². The van der Waals surface area contributed by atoms with Gasteiger partial charge in [0.05, 0.1) is 11.7 Å². The Morgan fingerprint density at radius 2 is 2.05 bits per heavy atom. The summed E-state index contributed by atoms with van der Waals surface area (Å²) in [6.45, 7) is 8.52. The third-order valence-electron chi connectivity index (χ3n) is 4.11. The molecule has 0 saturated heterocycles. The van der Waals surface area contributed by atoms with E-state index in [-0.39, 0.29) is 11.9 Å². The summed E-state index contributed by atoms with van der Waals surface area (Å²) < 4.78 is 1.89. The van der Waals surface area contributed by atoms with Crippen LogP contribution >= 0.6 is 0 Å². The van der Waals surface area contributed by atoms with Gasteiger partial charge in [-0.05, 0) is 40.5 Å². The molecule has 0 spiro atoms. The van der Waals surface area contributed by atoms with Crippen LogP contribution in [0.25, 0.3) is 0 Å². The summed E-state index contributed by atoms with van der Waals surface area (Å²) in [7, 11) is 0. The molecule has 20 heavy (non-hydrogen) atoms. The zero-order valence-electron chi connectivity index (χ0n) is 12.4. The Balaban J connectivity index is 2.17. The SMILES string of the molecule is CCn1nc(C)c(C(C)NC(=O)C2(C(=O)O)CC2)c1C. The van der Waals surface area contributed by atoms with Gasteiger partial charge in [-0.1, -0.05) is 0 Å². The van der Waals surface area contributed by atoms with Gasteiger partial charge in [0, 0.05) is 17.8 Å². The van der Waals surface area contributed by atoms with E-state index in [1.807, 2.05) is 32.4 Å². The van der Waals surface area contributed by atoms with E-state index in [0.717, 1.165) is 23.5 Å². The Hall–Kier alpha value is -1.85. The van der Waals surface area contributed by atoms with Crippen LogP contribution in [0.2, 0.25) is 0 Å². The molecule has 1 heterocycles. The number of rotatable bonds is 5. The minimum absolute atomic E-state index is 0.236. The molecule has 1 amide bonds. The van der Waals surface area contributed by atoms with Crippen molar-refractivity contribution in [3.63, 3.8) is 0 Å². The van der Waals surface area contributed by atoms with Crippen LogP contribution in [-0.4, -0.2) is 26.8 Å². The molecule has 110 valence electrons. The van der Waals surface area contributed by atoms with Crippen LogP contribution in [0.5, 0.6) is 0 Å². The predicted octanol–water partition coefficient (Wildman–Crippen LogP) is 1.56. The van der Waals surface area contributed by atoms with Gasteiger partial charge in [0.2, 0.25) is 5.91 Å². The Bertz CT molecular complexity index is 558. The van der Waals surface area contributed by atoms with Crippen molar-refractivity contribution in [2.75, 3.05) is 0 Å². The van der Waals surface area contributed by atoms with Crippen molar-refractivity contribution in [1.82, 2.24) is 15.1 Å². The van der Waals surface area contributed by atoms with Crippen LogP contribution < -0.4 is 5.32 Å². The average Bonchev–Trinajstić information content (AvgIpc) is 3.12. The minimum Gasteiger partial charge on any atom is -0.480 e. The number of carboxylic acids is 1. The van der Waals surface area contributed by atoms with Crippen molar-refractivity contribution in [2.24, 2.45) is 5.41 Å². The van der Waals surface area contributed by atoms with Gasteiger partial charge in [0.25, 0.3) is 0 Å². The van der Waals surface area contributed by atoms with Crippen LogP contribution in [0.3, 0.4) is 0 Å². The van der Waals surface area contributed by atoms with Gasteiger partial charge in [0.15, 0.2) is 0 Å². The Morgan fingerprint density at radius 3 is 2.45 bits per heavy atom. The second kappa shape index (κ2) is 4.92. The van der Waals surface area contributed by atoms with Gasteiger partial charge in [-0.25, -0.2) is 0 Å². The highest BCUT2D eigenvalue weighted by Crippen LogP contribution is 2.46. The van der Waals surface area contributed by atoms with Crippen LogP contribution in [0.1, 0.15) is 49.7 Å². The number of hydrogen-bond acceptors (Lipinski definition) is 3. The van der Waals surface area contributed by atoms with E-state index in [1.54, 1.807) is 0 Å². The third-order valence-corrected chi connectivity index (χ3v) is 4.11. The van der Waals surface area contributed by atoms with Gasteiger partial charge in [-0.3, -0.25) is 14.3 Å². The number of aryl methyl sites for hydroxylation is 2. The molecule has 0 radical (unpaired) electrons. The fraction of sp³-hybridized carbons (Fsp3) is 0.643. The Labute approximate surface area is 118 Å². The fourth-order valence-corrected chi connectivity index (χ4v) is 2.72. The summed E-state index contributed by atoms with van der Waals surface area (Å²) >= 11 is 0. The lowest BCUT2D eigenvalue weighted by Gasteiger charge is -2.18. The van der Waals surface area contributed by atoms with E-state index in [1.165, 1.54) is 0 Å². The van der Waals surface area contributed by atoms with Crippen molar-refractivity contribution < 1.29 is 14.7 Å². The molecule has 6 nitrogen and oxygen atoms in total. The summed E-state index contributed by atoms with van der Waals surface area (Å²) in [6.07, 6.45) is 0.847. The van der Waals surface area contributed by atoms with E-state index in [4.69, 9.17) is 5.11 Å². The lowest BCUT2D eigenvalue weighted by Crippen LogP contribution is -2.38. The molecule has 1 aliphatic rings. The number of aliphatic carboxylic acids is 1. The molecule has 1 unspecified atom stereocenters. The van der Waals surface area contributed by atoms with Crippen molar-refractivity contribution in [2.45, 2.75) is 53.1 Å². The second-order valence-electron chi connectivity index (χ2n) is 5.48. The third kappa shape index (κ3) is 2.19. The number of carbonyl (C=O) groups is 2. The summed E-state index contributed by atoms with van der Waals surface area (Å²) in [6, 6.07) is -0.236. The summed E-state index contributed by atoms with van der Waals surface area (Å²) in [5, 5.41) is 16.4. The number of nitrogens with one attached hydrogen (secondary N) is 1. The van der Waals surface area contributed by atoms with Gasteiger partial charge in [-0.2, -0.15) is 5.10 Å². The van der Waals surface area contributed by atoms with Crippen molar-refractivity contribution in [3.05, 3.63) is 17.0 Å². The lowest BCUT2D eigenvalue weighted by molar-refractivity contribution is -0.149. The smallest absolute Gasteiger partial charge is 0.319 e. The quantitative estimate of drug-likeness (QED) is 0.801. The molecular weight excluding hydrogens is 258 g/mol. The molecular formula is C14H21N3O3. The number of nitrogens with zero attached hydrogens (tertiary/aromatic N) is 2. The van der Waals surface area contributed by atoms with E-state index in [2.05, 4.69) is 10.4 Å². The zero-order chi connectivity index (χ0) is 15.1. The van der Waals surface area contributed by atoms with Gasteiger partial charge in [0.1, 0.15) is 5.41 Å². The number of amides is 1. The van der Waals surface area contributed by atoms with Gasteiger partial charge < -0.3 is 10.4 Å². The molecule has 1 saturated carbocycles. The van der Waals surface area contributed by atoms with Gasteiger partial charge >= 0.3 is 5.97 Å². The Morgan fingerprint density at radius 1 is 1.45 bits per heavy atom. The van der Waals surface area contributed by atoms with Crippen LogP contribution in [-0.2, 0) is 16.1 Å². The van der Waals surface area contributed by atoms with Crippen molar-refractivity contribution in [1.29, 1.82) is 0 Å². The van der Waals surface area contributed by atoms with E-state index >= 15 is 0 Å². The van der Waals surface area contributed by atoms with E-state index < -0.39 is 11.4 Å². The highest BCUT2D eigenvalue weighted by Gasteiger charge is 2.57. The number of carboxylic acid groups (broad SMARTS) is 1. The van der Waals surface area contributed by atoms with Gasteiger partial charge in [-0.15, -0.1) is 0 Å². The molecule has 2 rings (SSSR count). The van der Waals surface area contributed by atoms with Crippen LogP contribution in [0.15, 0.2) is 0 Å². The molecule has 0 aliphatic heterocycles. The molecule has 0 aromatic carbocycles. The lowest BCUT2D eigenvalue weighted by atomic mass is 10.0. The molecule has 6 heteroatoms. The maximum absolute atomic E-state index is 12.1. The summed E-state index contributed by atoms with van der Waals surface area (Å²) in [5.74, 6) is -1.42. The monoisotopic (exact) mass is 279 g/mol. The maximum Gasteiger partial charge on any atom is 0.319 e. The maximum atomic E-state index is 12.1. The van der Waals surface area contributed by atoms with E-state index in [0.29, 0.717) is 12.8 Å². The zero-order valence-corrected chi connectivity index (χ0v) is 12.4. The molecule has 1 aromatic heterocycles. The number of hydrogen-bond donors (Lipinski definition) is 2. The molecule has 1 fully saturated rings. The molecule has 1 atom stereocenters. The normalized spacial score (nSPS) is 17.6. The highest BCUT2D eigenvalue weighted by atomic mass is 16.4. The van der Waals surface area contributed by atoms with E-state index in [9.17, 15) is 9.59 Å². The Kier molecular flexibility index (Phi) is 3.58. The standard InChI is InChI=1S/C14H21N3O3/c1-5-17-10(4)11(9(3)16-17)8(2)15-12(18)14(6-7-14)13(19)20/h8H,5-7H2,1-4H3,(H,15,18)(H,19,20). The van der Waals surface area contributed by atoms with Crippen molar-refractivity contribution >= 4 is 11.9 Å². The number of carbonyl (C=O) groups excluding carboxylic acids is 1. The first kappa shape index (κ1) is 14.6. The molecule has 0 bridgehead atoms. The number of aromatic nitrogens is 2. The summed E-state index contributed by atoms with van der Waals surface area (Å²) in [4.78, 5) is 23.3.